The summed E-state index contributed by atoms with van der Waals surface area (Å²) in [6, 6.07) is 11.0. The Morgan fingerprint density at radius 3 is 2.64 bits per heavy atom. The minimum atomic E-state index is -3.62. The molecule has 3 N–H and O–H groups in total. The first-order chi connectivity index (χ1) is 15.4. The molecule has 0 aromatic heterocycles. The van der Waals surface area contributed by atoms with Crippen LogP contribution in [0.1, 0.15) is 54.6 Å². The lowest BCUT2D eigenvalue weighted by Crippen LogP contribution is -2.32. The van der Waals surface area contributed by atoms with Gasteiger partial charge in [0.1, 0.15) is 0 Å². The molecule has 2 aromatic rings. The molecule has 0 bridgehead atoms. The molecule has 2 aromatic carbocycles. The van der Waals surface area contributed by atoms with Gasteiger partial charge in [0, 0.05) is 18.0 Å². The highest BCUT2D eigenvalue weighted by atomic mass is 32.2. The van der Waals surface area contributed by atoms with E-state index in [-0.39, 0.29) is 5.92 Å². The molecule has 0 fully saturated rings. The summed E-state index contributed by atoms with van der Waals surface area (Å²) in [5.74, 6) is -0.297. The van der Waals surface area contributed by atoms with Gasteiger partial charge >= 0.3 is 0 Å². The second kappa shape index (κ2) is 8.15. The van der Waals surface area contributed by atoms with Crippen LogP contribution in [-0.4, -0.2) is 32.1 Å². The maximum Gasteiger partial charge on any atom is 0.256 e. The van der Waals surface area contributed by atoms with E-state index in [1.807, 2.05) is 38.1 Å². The molecule has 0 saturated carbocycles. The predicted octanol–water partition coefficient (Wildman–Crippen LogP) is 4.24. The van der Waals surface area contributed by atoms with Crippen molar-refractivity contribution in [2.75, 3.05) is 11.4 Å². The van der Waals surface area contributed by atoms with Gasteiger partial charge < -0.3 is 10.8 Å². The summed E-state index contributed by atoms with van der Waals surface area (Å²) in [6.07, 6.45) is 3.11. The first-order valence-corrected chi connectivity index (χ1v) is 12.6. The molecule has 2 aliphatic carbocycles. The van der Waals surface area contributed by atoms with Crippen molar-refractivity contribution in [1.82, 2.24) is 0 Å². The average molecular weight is 467 g/mol. The molecule has 0 radical (unpaired) electrons. The van der Waals surface area contributed by atoms with E-state index in [9.17, 15) is 18.3 Å². The number of nitrogens with two attached hydrogens (primary N) is 1. The fourth-order valence-electron chi connectivity index (χ4n) is 5.09. The Morgan fingerprint density at radius 1 is 1.27 bits per heavy atom. The first kappa shape index (κ1) is 23.3. The Hall–Kier alpha value is -2.90. The number of rotatable bonds is 6. The molecule has 33 heavy (non-hydrogen) atoms. The van der Waals surface area contributed by atoms with E-state index in [1.165, 1.54) is 22.5 Å². The summed E-state index contributed by atoms with van der Waals surface area (Å²) in [7, 11) is -2.12. The zero-order valence-electron chi connectivity index (χ0n) is 19.3. The van der Waals surface area contributed by atoms with Crippen molar-refractivity contribution < 1.29 is 18.3 Å². The Kier molecular flexibility index (Phi) is 5.75. The van der Waals surface area contributed by atoms with Gasteiger partial charge in [-0.2, -0.15) is 0 Å². The number of carbonyl (C=O) groups excluding carboxylic acids is 1. The lowest BCUT2D eigenvalue weighted by atomic mass is 9.76. The maximum atomic E-state index is 12.3. The van der Waals surface area contributed by atoms with Crippen molar-refractivity contribution in [2.24, 2.45) is 11.7 Å². The number of aliphatic hydroxyl groups is 1. The molecule has 174 valence electrons. The number of hydrogen-bond acceptors (Lipinski definition) is 4. The summed E-state index contributed by atoms with van der Waals surface area (Å²) in [6.45, 7) is 7.11. The van der Waals surface area contributed by atoms with Crippen molar-refractivity contribution in [3.8, 4) is 11.1 Å². The lowest BCUT2D eigenvalue weighted by Gasteiger charge is -2.33. The fourth-order valence-corrected chi connectivity index (χ4v) is 5.72. The summed E-state index contributed by atoms with van der Waals surface area (Å²) in [4.78, 5) is 12.2. The molecule has 1 atom stereocenters. The Labute approximate surface area is 195 Å². The highest BCUT2D eigenvalue weighted by Crippen LogP contribution is 2.50. The van der Waals surface area contributed by atoms with Gasteiger partial charge in [-0.05, 0) is 91.5 Å². The standard InChI is InChI=1S/C26H30N2O4S/c1-5-33(31,32)28(4)19-8-6-7-16(14-19)20-11-12-22(25(27)29)23-15-17-13-18(26(2,3)30)9-10-21(17)24(20)23/h5-8,11-12,14,18,30H,1,9-10,13,15H2,2-4H3,(H2,27,29). The molecule has 7 heteroatoms. The number of nitrogens with zero attached hydrogens (tertiary/aromatic N) is 1. The van der Waals surface area contributed by atoms with E-state index >= 15 is 0 Å². The van der Waals surface area contributed by atoms with Crippen molar-refractivity contribution in [3.05, 3.63) is 70.6 Å². The van der Waals surface area contributed by atoms with Crippen LogP contribution in [0, 0.1) is 5.92 Å². The number of anilines is 1. The van der Waals surface area contributed by atoms with Gasteiger partial charge in [0.2, 0.25) is 5.91 Å². The zero-order valence-corrected chi connectivity index (χ0v) is 20.1. The average Bonchev–Trinajstić information content (AvgIpc) is 3.16. The lowest BCUT2D eigenvalue weighted by molar-refractivity contribution is 0.0123. The molecule has 4 rings (SSSR count). The molecule has 1 unspecified atom stereocenters. The third kappa shape index (κ3) is 4.11. The first-order valence-electron chi connectivity index (χ1n) is 11.0. The number of amides is 1. The van der Waals surface area contributed by atoms with Crippen LogP contribution >= 0.6 is 0 Å². The van der Waals surface area contributed by atoms with Gasteiger partial charge in [-0.3, -0.25) is 9.10 Å². The smallest absolute Gasteiger partial charge is 0.256 e. The summed E-state index contributed by atoms with van der Waals surface area (Å²) < 4.78 is 25.8. The highest BCUT2D eigenvalue weighted by molar-refractivity contribution is 7.95. The van der Waals surface area contributed by atoms with Gasteiger partial charge in [0.25, 0.3) is 10.0 Å². The number of allylic oxidation sites excluding steroid dienone is 2. The van der Waals surface area contributed by atoms with E-state index in [1.54, 1.807) is 12.1 Å². The number of primary amides is 1. The van der Waals surface area contributed by atoms with Crippen LogP contribution < -0.4 is 10.0 Å². The predicted molar refractivity (Wildman–Crippen MR) is 132 cm³/mol. The van der Waals surface area contributed by atoms with Gasteiger partial charge in [0.05, 0.1) is 11.3 Å². The summed E-state index contributed by atoms with van der Waals surface area (Å²) in [5, 5.41) is 11.5. The summed E-state index contributed by atoms with van der Waals surface area (Å²) >= 11 is 0. The largest absolute Gasteiger partial charge is 0.390 e. The number of carbonyl (C=O) groups is 1. The topological polar surface area (TPSA) is 101 Å². The van der Waals surface area contributed by atoms with Gasteiger partial charge in [-0.25, -0.2) is 8.42 Å². The van der Waals surface area contributed by atoms with Crippen molar-refractivity contribution >= 4 is 27.2 Å². The van der Waals surface area contributed by atoms with Gasteiger partial charge in [-0.15, -0.1) is 0 Å². The normalized spacial score (nSPS) is 18.0. The monoisotopic (exact) mass is 466 g/mol. The van der Waals surface area contributed by atoms with Crippen LogP contribution in [0.4, 0.5) is 5.69 Å². The van der Waals surface area contributed by atoms with Crippen LogP contribution in [0.5, 0.6) is 0 Å². The maximum absolute atomic E-state index is 12.3. The quantitative estimate of drug-likeness (QED) is 0.665. The molecule has 0 saturated heterocycles. The second-order valence-corrected chi connectivity index (χ2v) is 11.4. The number of benzene rings is 2. The van der Waals surface area contributed by atoms with Crippen LogP contribution in [0.3, 0.4) is 0 Å². The third-order valence-electron chi connectivity index (χ3n) is 7.04. The van der Waals surface area contributed by atoms with Crippen molar-refractivity contribution in [2.45, 2.75) is 45.1 Å². The van der Waals surface area contributed by atoms with E-state index < -0.39 is 21.5 Å². The van der Waals surface area contributed by atoms with E-state index in [2.05, 4.69) is 6.58 Å². The molecule has 0 aliphatic heterocycles. The van der Waals surface area contributed by atoms with Crippen LogP contribution in [0.15, 0.2) is 54.0 Å². The minimum Gasteiger partial charge on any atom is -0.390 e. The highest BCUT2D eigenvalue weighted by Gasteiger charge is 2.37. The van der Waals surface area contributed by atoms with Crippen LogP contribution in [0.25, 0.3) is 16.7 Å². The van der Waals surface area contributed by atoms with Crippen LogP contribution in [-0.2, 0) is 16.4 Å². The number of hydrogen-bond donors (Lipinski definition) is 2. The molecular weight excluding hydrogens is 436 g/mol. The minimum absolute atomic E-state index is 0.159. The zero-order chi connectivity index (χ0) is 24.1. The van der Waals surface area contributed by atoms with Crippen molar-refractivity contribution in [1.29, 1.82) is 0 Å². The summed E-state index contributed by atoms with van der Waals surface area (Å²) in [5.41, 5.74) is 12.2. The molecular formula is C26H30N2O4S. The number of fused-ring (bicyclic) bond motifs is 2. The molecule has 1 amide bonds. The Morgan fingerprint density at radius 2 is 2.00 bits per heavy atom. The Balaban J connectivity index is 1.85. The SMILES string of the molecule is C=CS(=O)(=O)N(C)c1cccc(-c2ccc(C(N)=O)c3c2C2=C(C3)CC(C(C)(C)O)CC2)c1. The van der Waals surface area contributed by atoms with E-state index in [0.29, 0.717) is 17.7 Å². The molecule has 2 aliphatic rings. The molecule has 0 heterocycles. The van der Waals surface area contributed by atoms with E-state index in [4.69, 9.17) is 5.73 Å². The Bertz CT molecular complexity index is 1290. The van der Waals surface area contributed by atoms with Gasteiger partial charge in [0.15, 0.2) is 0 Å². The van der Waals surface area contributed by atoms with E-state index in [0.717, 1.165) is 46.9 Å². The van der Waals surface area contributed by atoms with Crippen molar-refractivity contribution in [3.63, 3.8) is 0 Å². The molecule has 6 nitrogen and oxygen atoms in total. The van der Waals surface area contributed by atoms with Crippen LogP contribution in [0.2, 0.25) is 0 Å². The number of sulfonamides is 1. The fraction of sp³-hybridized carbons (Fsp3) is 0.346. The second-order valence-electron chi connectivity index (χ2n) is 9.46. The third-order valence-corrected chi connectivity index (χ3v) is 8.44. The molecule has 0 spiro atoms. The van der Waals surface area contributed by atoms with Gasteiger partial charge in [-0.1, -0.05) is 30.4 Å².